The van der Waals surface area contributed by atoms with Gasteiger partial charge in [-0.1, -0.05) is 42.5 Å². The summed E-state index contributed by atoms with van der Waals surface area (Å²) < 4.78 is 7.79. The van der Waals surface area contributed by atoms with Crippen LogP contribution in [0.15, 0.2) is 66.9 Å². The van der Waals surface area contributed by atoms with E-state index in [-0.39, 0.29) is 0 Å². The van der Waals surface area contributed by atoms with Crippen LogP contribution in [0.2, 0.25) is 0 Å². The molecule has 0 unspecified atom stereocenters. The summed E-state index contributed by atoms with van der Waals surface area (Å²) in [5.74, 6) is 2.78. The molecule has 1 fully saturated rings. The second-order valence-corrected chi connectivity index (χ2v) is 9.30. The first-order chi connectivity index (χ1) is 16.1. The summed E-state index contributed by atoms with van der Waals surface area (Å²) >= 11 is 0. The second-order valence-electron chi connectivity index (χ2n) is 9.30. The summed E-state index contributed by atoms with van der Waals surface area (Å²) in [6, 6.07) is 21.5. The van der Waals surface area contributed by atoms with Crippen LogP contribution in [0.5, 0.6) is 5.75 Å². The van der Waals surface area contributed by atoms with E-state index in [9.17, 15) is 0 Å². The average molecular weight is 440 g/mol. The highest BCUT2D eigenvalue weighted by Crippen LogP contribution is 2.34. The summed E-state index contributed by atoms with van der Waals surface area (Å²) in [5, 5.41) is 1.32. The van der Waals surface area contributed by atoms with Gasteiger partial charge in [-0.05, 0) is 73.9 Å². The van der Waals surface area contributed by atoms with Gasteiger partial charge < -0.3 is 14.2 Å². The van der Waals surface area contributed by atoms with Gasteiger partial charge in [-0.3, -0.25) is 0 Å². The van der Waals surface area contributed by atoms with Crippen LogP contribution in [0, 0.1) is 19.8 Å². The zero-order valence-electron chi connectivity index (χ0n) is 19.9. The average Bonchev–Trinajstić information content (AvgIpc) is 3.10. The van der Waals surface area contributed by atoms with Gasteiger partial charge in [0, 0.05) is 36.9 Å². The Morgan fingerprint density at radius 1 is 0.909 bits per heavy atom. The molecule has 4 nitrogen and oxygen atoms in total. The predicted octanol–water partition coefficient (Wildman–Crippen LogP) is 6.17. The standard InChI is InChI=1S/C29H33N3O/c1-21-22(2)32(20-25-9-11-26(33-3)12-10-25)28-27(21)13-16-30-29(28)31-17-14-24(15-18-31)19-23-7-5-4-6-8-23/h4-13,16,24H,14-15,17-20H2,1-3H3. The maximum absolute atomic E-state index is 5.34. The monoisotopic (exact) mass is 439 g/mol. The summed E-state index contributed by atoms with van der Waals surface area (Å²) in [4.78, 5) is 7.42. The van der Waals surface area contributed by atoms with Gasteiger partial charge >= 0.3 is 0 Å². The largest absolute Gasteiger partial charge is 0.497 e. The number of hydrogen-bond donors (Lipinski definition) is 0. The third kappa shape index (κ3) is 4.35. The molecule has 0 radical (unpaired) electrons. The number of aryl methyl sites for hydroxylation is 1. The van der Waals surface area contributed by atoms with E-state index >= 15 is 0 Å². The zero-order valence-corrected chi connectivity index (χ0v) is 19.9. The molecule has 1 aliphatic rings. The number of ether oxygens (including phenoxy) is 1. The highest BCUT2D eigenvalue weighted by molar-refractivity contribution is 5.93. The van der Waals surface area contributed by atoms with Crippen molar-refractivity contribution in [2.24, 2.45) is 5.92 Å². The van der Waals surface area contributed by atoms with Gasteiger partial charge in [-0.2, -0.15) is 0 Å². The van der Waals surface area contributed by atoms with Crippen molar-refractivity contribution < 1.29 is 4.74 Å². The van der Waals surface area contributed by atoms with Crippen molar-refractivity contribution in [2.45, 2.75) is 39.7 Å². The minimum absolute atomic E-state index is 0.748. The lowest BCUT2D eigenvalue weighted by atomic mass is 9.90. The molecule has 1 aliphatic heterocycles. The number of pyridine rings is 1. The number of aromatic nitrogens is 2. The summed E-state index contributed by atoms with van der Waals surface area (Å²) in [6.07, 6.45) is 5.59. The van der Waals surface area contributed by atoms with Crippen LogP contribution < -0.4 is 9.64 Å². The van der Waals surface area contributed by atoms with Gasteiger partial charge in [0.15, 0.2) is 5.82 Å². The highest BCUT2D eigenvalue weighted by Gasteiger charge is 2.24. The Balaban J connectivity index is 1.41. The first kappa shape index (κ1) is 21.6. The third-order valence-corrected chi connectivity index (χ3v) is 7.31. The highest BCUT2D eigenvalue weighted by atomic mass is 16.5. The zero-order chi connectivity index (χ0) is 22.8. The lowest BCUT2D eigenvalue weighted by molar-refractivity contribution is 0.402. The summed E-state index contributed by atoms with van der Waals surface area (Å²) in [7, 11) is 1.71. The number of piperidine rings is 1. The van der Waals surface area contributed by atoms with E-state index in [1.165, 1.54) is 52.5 Å². The number of nitrogens with zero attached hydrogens (tertiary/aromatic N) is 3. The van der Waals surface area contributed by atoms with Crippen molar-refractivity contribution in [3.63, 3.8) is 0 Å². The topological polar surface area (TPSA) is 30.3 Å². The molecule has 0 saturated carbocycles. The van der Waals surface area contributed by atoms with Crippen molar-refractivity contribution >= 4 is 16.7 Å². The van der Waals surface area contributed by atoms with Gasteiger partial charge in [-0.15, -0.1) is 0 Å². The fourth-order valence-corrected chi connectivity index (χ4v) is 5.22. The van der Waals surface area contributed by atoms with E-state index in [2.05, 4.69) is 71.8 Å². The number of hydrogen-bond acceptors (Lipinski definition) is 3. The second kappa shape index (κ2) is 9.30. The van der Waals surface area contributed by atoms with Crippen molar-refractivity contribution in [1.29, 1.82) is 0 Å². The van der Waals surface area contributed by atoms with E-state index in [0.717, 1.165) is 37.1 Å². The molecule has 4 aromatic rings. The van der Waals surface area contributed by atoms with Gasteiger partial charge in [0.25, 0.3) is 0 Å². The maximum atomic E-state index is 5.34. The summed E-state index contributed by atoms with van der Waals surface area (Å²) in [5.41, 5.74) is 6.66. The molecule has 5 rings (SSSR count). The molecule has 0 bridgehead atoms. The van der Waals surface area contributed by atoms with E-state index in [4.69, 9.17) is 9.72 Å². The smallest absolute Gasteiger partial charge is 0.153 e. The number of benzene rings is 2. The minimum atomic E-state index is 0.748. The Labute approximate surface area is 196 Å². The van der Waals surface area contributed by atoms with Gasteiger partial charge in [0.1, 0.15) is 5.75 Å². The summed E-state index contributed by atoms with van der Waals surface area (Å²) in [6.45, 7) is 7.43. The molecule has 4 heteroatoms. The van der Waals surface area contributed by atoms with E-state index in [1.807, 2.05) is 18.3 Å². The van der Waals surface area contributed by atoms with Crippen LogP contribution in [0.3, 0.4) is 0 Å². The van der Waals surface area contributed by atoms with E-state index in [0.29, 0.717) is 0 Å². The molecule has 0 aliphatic carbocycles. The van der Waals surface area contributed by atoms with Gasteiger partial charge in [0.2, 0.25) is 0 Å². The fraction of sp³-hybridized carbons (Fsp3) is 0.345. The van der Waals surface area contributed by atoms with Crippen molar-refractivity contribution in [1.82, 2.24) is 9.55 Å². The lowest BCUT2D eigenvalue weighted by Crippen LogP contribution is -2.35. The first-order valence-electron chi connectivity index (χ1n) is 12.0. The molecule has 2 aromatic carbocycles. The quantitative estimate of drug-likeness (QED) is 0.360. The van der Waals surface area contributed by atoms with Crippen LogP contribution in [0.1, 0.15) is 35.2 Å². The van der Waals surface area contributed by atoms with Crippen LogP contribution in [-0.4, -0.2) is 29.8 Å². The van der Waals surface area contributed by atoms with Gasteiger partial charge in [0.05, 0.1) is 12.6 Å². The fourth-order valence-electron chi connectivity index (χ4n) is 5.22. The number of rotatable bonds is 6. The van der Waals surface area contributed by atoms with Crippen LogP contribution in [0.4, 0.5) is 5.82 Å². The Morgan fingerprint density at radius 3 is 2.33 bits per heavy atom. The van der Waals surface area contributed by atoms with Crippen LogP contribution in [-0.2, 0) is 13.0 Å². The molecule has 33 heavy (non-hydrogen) atoms. The molecule has 0 N–H and O–H groups in total. The van der Waals surface area contributed by atoms with Crippen molar-refractivity contribution in [3.8, 4) is 5.75 Å². The molecule has 0 amide bonds. The number of methoxy groups -OCH3 is 1. The van der Waals surface area contributed by atoms with E-state index in [1.54, 1.807) is 7.11 Å². The van der Waals surface area contributed by atoms with Crippen molar-refractivity contribution in [3.05, 3.63) is 89.2 Å². The predicted molar refractivity (Wildman–Crippen MR) is 136 cm³/mol. The molecule has 2 aromatic heterocycles. The Morgan fingerprint density at radius 2 is 1.64 bits per heavy atom. The Kier molecular flexibility index (Phi) is 6.08. The molecule has 3 heterocycles. The van der Waals surface area contributed by atoms with Gasteiger partial charge in [-0.25, -0.2) is 4.98 Å². The SMILES string of the molecule is COc1ccc(Cn2c(C)c(C)c3ccnc(N4CCC(Cc5ccccc5)CC4)c32)cc1. The lowest BCUT2D eigenvalue weighted by Gasteiger charge is -2.33. The normalized spacial score (nSPS) is 14.7. The Hall–Kier alpha value is -3.27. The molecular formula is C29H33N3O. The third-order valence-electron chi connectivity index (χ3n) is 7.31. The first-order valence-corrected chi connectivity index (χ1v) is 12.0. The number of fused-ring (bicyclic) bond motifs is 1. The molecule has 0 spiro atoms. The Bertz CT molecular complexity index is 1220. The molecular weight excluding hydrogens is 406 g/mol. The molecule has 170 valence electrons. The number of anilines is 1. The maximum Gasteiger partial charge on any atom is 0.153 e. The molecule has 1 saturated heterocycles. The van der Waals surface area contributed by atoms with E-state index < -0.39 is 0 Å². The van der Waals surface area contributed by atoms with Crippen molar-refractivity contribution in [2.75, 3.05) is 25.1 Å². The van der Waals surface area contributed by atoms with Crippen LogP contribution in [0.25, 0.3) is 10.9 Å². The minimum Gasteiger partial charge on any atom is -0.497 e. The van der Waals surface area contributed by atoms with Crippen LogP contribution >= 0.6 is 0 Å². The molecule has 0 atom stereocenters.